The summed E-state index contributed by atoms with van der Waals surface area (Å²) in [5.74, 6) is 0. The van der Waals surface area contributed by atoms with Crippen LogP contribution in [0.15, 0.2) is 42.5 Å². The molecule has 2 N–H and O–H groups in total. The van der Waals surface area contributed by atoms with E-state index in [1.165, 1.54) is 5.39 Å². The van der Waals surface area contributed by atoms with Crippen LogP contribution in [-0.4, -0.2) is 15.0 Å². The quantitative estimate of drug-likeness (QED) is 0.465. The Hall–Kier alpha value is -2.20. The molecule has 4 heteroatoms. The van der Waals surface area contributed by atoms with Gasteiger partial charge in [0.15, 0.2) is 0 Å². The highest BCUT2D eigenvalue weighted by atomic mass is 32.1. The Labute approximate surface area is 107 Å². The van der Waals surface area contributed by atoms with E-state index < -0.39 is 0 Å². The molecule has 1 aromatic carbocycles. The van der Waals surface area contributed by atoms with Crippen LogP contribution < -0.4 is 0 Å². The van der Waals surface area contributed by atoms with E-state index in [0.717, 1.165) is 27.6 Å². The summed E-state index contributed by atoms with van der Waals surface area (Å²) in [6.07, 6.45) is 0. The van der Waals surface area contributed by atoms with Crippen LogP contribution in [0.2, 0.25) is 0 Å². The lowest BCUT2D eigenvalue weighted by atomic mass is 10.1. The van der Waals surface area contributed by atoms with Gasteiger partial charge in [-0.2, -0.15) is 0 Å². The van der Waals surface area contributed by atoms with Gasteiger partial charge in [-0.3, -0.25) is 0 Å². The minimum Gasteiger partial charge on any atom is -0.339 e. The van der Waals surface area contributed by atoms with Crippen molar-refractivity contribution in [1.82, 2.24) is 15.0 Å². The number of aromatic nitrogens is 3. The summed E-state index contributed by atoms with van der Waals surface area (Å²) in [6, 6.07) is 14.3. The fourth-order valence-corrected chi connectivity index (χ4v) is 2.50. The van der Waals surface area contributed by atoms with Crippen molar-refractivity contribution >= 4 is 45.2 Å². The smallest absolute Gasteiger partial charge is 0.140 e. The number of pyridine rings is 2. The number of para-hydroxylation sites is 1. The summed E-state index contributed by atoms with van der Waals surface area (Å²) in [5, 5.41) is 3.41. The third-order valence-electron chi connectivity index (χ3n) is 3.18. The molecule has 3 nitrogen and oxygen atoms in total. The van der Waals surface area contributed by atoms with Gasteiger partial charge in [0, 0.05) is 21.7 Å². The third-order valence-corrected chi connectivity index (χ3v) is 3.42. The van der Waals surface area contributed by atoms with Gasteiger partial charge in [-0.15, -0.1) is 0 Å². The number of aromatic amines is 2. The van der Waals surface area contributed by atoms with E-state index in [1.807, 2.05) is 24.3 Å². The zero-order valence-corrected chi connectivity index (χ0v) is 10.2. The predicted molar refractivity (Wildman–Crippen MR) is 76.3 cm³/mol. The first kappa shape index (κ1) is 9.79. The zero-order valence-electron chi connectivity index (χ0n) is 9.40. The SMILES string of the molecule is S=c1ccc2cc3c(nc2[nH]1)[nH]c1ccccc13. The predicted octanol–water partition coefficient (Wildman–Crippen LogP) is 3.93. The standard InChI is InChI=1S/C14H9N3S/c18-12-6-5-8-7-10-9-3-1-2-4-11(9)15-14(10)17-13(8)16-12/h1-7H,(H2,15,16,17,18). The summed E-state index contributed by atoms with van der Waals surface area (Å²) in [4.78, 5) is 11.0. The van der Waals surface area contributed by atoms with E-state index in [0.29, 0.717) is 4.64 Å². The molecule has 0 spiro atoms. The number of hydrogen-bond acceptors (Lipinski definition) is 2. The second-order valence-electron chi connectivity index (χ2n) is 4.32. The normalized spacial score (nSPS) is 11.6. The Morgan fingerprint density at radius 3 is 2.72 bits per heavy atom. The summed E-state index contributed by atoms with van der Waals surface area (Å²) in [7, 11) is 0. The Morgan fingerprint density at radius 1 is 0.889 bits per heavy atom. The van der Waals surface area contributed by atoms with Gasteiger partial charge in [0.2, 0.25) is 0 Å². The number of nitrogens with zero attached hydrogens (tertiary/aromatic N) is 1. The number of rotatable bonds is 0. The van der Waals surface area contributed by atoms with Crippen LogP contribution in [-0.2, 0) is 0 Å². The maximum atomic E-state index is 5.12. The van der Waals surface area contributed by atoms with Gasteiger partial charge in [0.25, 0.3) is 0 Å². The lowest BCUT2D eigenvalue weighted by Gasteiger charge is -1.97. The van der Waals surface area contributed by atoms with Gasteiger partial charge < -0.3 is 9.97 Å². The molecule has 3 heterocycles. The molecule has 18 heavy (non-hydrogen) atoms. The maximum absolute atomic E-state index is 5.12. The van der Waals surface area contributed by atoms with E-state index in [2.05, 4.69) is 33.2 Å². The minimum absolute atomic E-state index is 0.700. The number of benzene rings is 1. The largest absolute Gasteiger partial charge is 0.339 e. The molecule has 0 aliphatic heterocycles. The average molecular weight is 251 g/mol. The number of fused-ring (bicyclic) bond motifs is 4. The highest BCUT2D eigenvalue weighted by molar-refractivity contribution is 7.71. The van der Waals surface area contributed by atoms with E-state index in [4.69, 9.17) is 12.2 Å². The molecule has 86 valence electrons. The molecular weight excluding hydrogens is 242 g/mol. The van der Waals surface area contributed by atoms with Gasteiger partial charge in [-0.1, -0.05) is 30.4 Å². The van der Waals surface area contributed by atoms with Crippen molar-refractivity contribution in [3.05, 3.63) is 47.1 Å². The van der Waals surface area contributed by atoms with Crippen molar-refractivity contribution in [2.24, 2.45) is 0 Å². The van der Waals surface area contributed by atoms with Crippen LogP contribution >= 0.6 is 12.2 Å². The van der Waals surface area contributed by atoms with E-state index in [9.17, 15) is 0 Å². The first-order chi connectivity index (χ1) is 8.81. The molecule has 4 aromatic rings. The van der Waals surface area contributed by atoms with Crippen LogP contribution in [0.25, 0.3) is 33.0 Å². The average Bonchev–Trinajstić information content (AvgIpc) is 2.73. The van der Waals surface area contributed by atoms with Gasteiger partial charge in [-0.25, -0.2) is 4.98 Å². The Kier molecular flexibility index (Phi) is 1.85. The molecule has 4 rings (SSSR count). The van der Waals surface area contributed by atoms with E-state index in [-0.39, 0.29) is 0 Å². The second kappa shape index (κ2) is 3.40. The molecule has 0 unspecified atom stereocenters. The van der Waals surface area contributed by atoms with Crippen LogP contribution in [0.5, 0.6) is 0 Å². The minimum atomic E-state index is 0.700. The van der Waals surface area contributed by atoms with Crippen molar-refractivity contribution in [1.29, 1.82) is 0 Å². The molecular formula is C14H9N3S. The van der Waals surface area contributed by atoms with Crippen LogP contribution in [0.3, 0.4) is 0 Å². The first-order valence-corrected chi connectivity index (χ1v) is 6.12. The molecule has 0 amide bonds. The fraction of sp³-hybridized carbons (Fsp3) is 0. The van der Waals surface area contributed by atoms with Gasteiger partial charge in [0.1, 0.15) is 15.9 Å². The molecule has 0 saturated heterocycles. The first-order valence-electron chi connectivity index (χ1n) is 5.72. The fourth-order valence-electron chi connectivity index (χ4n) is 2.33. The topological polar surface area (TPSA) is 44.5 Å². The summed E-state index contributed by atoms with van der Waals surface area (Å²) < 4.78 is 0.700. The summed E-state index contributed by atoms with van der Waals surface area (Å²) >= 11 is 5.12. The molecule has 0 saturated carbocycles. The molecule has 0 fully saturated rings. The molecule has 0 aliphatic rings. The van der Waals surface area contributed by atoms with Gasteiger partial charge in [-0.05, 0) is 24.3 Å². The maximum Gasteiger partial charge on any atom is 0.140 e. The van der Waals surface area contributed by atoms with Crippen molar-refractivity contribution in [3.63, 3.8) is 0 Å². The number of H-pyrrole nitrogens is 2. The second-order valence-corrected chi connectivity index (χ2v) is 4.76. The van der Waals surface area contributed by atoms with Crippen molar-refractivity contribution in [2.75, 3.05) is 0 Å². The van der Waals surface area contributed by atoms with E-state index >= 15 is 0 Å². The van der Waals surface area contributed by atoms with Crippen molar-refractivity contribution in [2.45, 2.75) is 0 Å². The summed E-state index contributed by atoms with van der Waals surface area (Å²) in [6.45, 7) is 0. The Balaban J connectivity index is 2.27. The molecule has 0 aliphatic carbocycles. The monoisotopic (exact) mass is 251 g/mol. The zero-order chi connectivity index (χ0) is 12.1. The van der Waals surface area contributed by atoms with Crippen molar-refractivity contribution in [3.8, 4) is 0 Å². The van der Waals surface area contributed by atoms with Crippen LogP contribution in [0, 0.1) is 4.64 Å². The van der Waals surface area contributed by atoms with Crippen molar-refractivity contribution < 1.29 is 0 Å². The highest BCUT2D eigenvalue weighted by Gasteiger charge is 2.06. The third kappa shape index (κ3) is 1.29. The molecule has 0 bridgehead atoms. The lowest BCUT2D eigenvalue weighted by molar-refractivity contribution is 1.28. The Bertz CT molecular complexity index is 949. The summed E-state index contributed by atoms with van der Waals surface area (Å²) in [5.41, 5.74) is 2.82. The highest BCUT2D eigenvalue weighted by Crippen LogP contribution is 2.26. The van der Waals surface area contributed by atoms with E-state index in [1.54, 1.807) is 0 Å². The molecule has 3 aromatic heterocycles. The Morgan fingerprint density at radius 2 is 1.78 bits per heavy atom. The molecule has 0 radical (unpaired) electrons. The van der Waals surface area contributed by atoms with Crippen LogP contribution in [0.4, 0.5) is 0 Å². The van der Waals surface area contributed by atoms with Gasteiger partial charge in [0.05, 0.1) is 0 Å². The van der Waals surface area contributed by atoms with Gasteiger partial charge >= 0.3 is 0 Å². The van der Waals surface area contributed by atoms with Crippen LogP contribution in [0.1, 0.15) is 0 Å². The number of hydrogen-bond donors (Lipinski definition) is 2. The molecule has 0 atom stereocenters. The lowest BCUT2D eigenvalue weighted by Crippen LogP contribution is -1.84. The number of nitrogens with one attached hydrogen (secondary N) is 2.